The van der Waals surface area contributed by atoms with Crippen molar-refractivity contribution >= 4 is 28.3 Å². The lowest BCUT2D eigenvalue weighted by Gasteiger charge is -2.09. The van der Waals surface area contributed by atoms with E-state index in [-0.39, 0.29) is 12.5 Å². The molecule has 0 aliphatic heterocycles. The molecule has 0 atom stereocenters. The van der Waals surface area contributed by atoms with Gasteiger partial charge in [-0.15, -0.1) is 0 Å². The molecule has 0 bridgehead atoms. The van der Waals surface area contributed by atoms with Gasteiger partial charge in [0.25, 0.3) is 0 Å². The highest BCUT2D eigenvalue weighted by atomic mass is 32.1. The van der Waals surface area contributed by atoms with Crippen molar-refractivity contribution in [3.05, 3.63) is 6.07 Å². The van der Waals surface area contributed by atoms with E-state index in [1.807, 2.05) is 0 Å². The Hall–Kier alpha value is -1.30. The minimum absolute atomic E-state index is 0.0203. The van der Waals surface area contributed by atoms with Crippen LogP contribution in [0.1, 0.15) is 0 Å². The van der Waals surface area contributed by atoms with Crippen molar-refractivity contribution < 1.29 is 4.79 Å². The Balaban J connectivity index is 2.39. The Morgan fingerprint density at radius 2 is 2.46 bits per heavy atom. The third-order valence-corrected chi connectivity index (χ3v) is 2.20. The highest BCUT2D eigenvalue weighted by Gasteiger charge is 2.04. The summed E-state index contributed by atoms with van der Waals surface area (Å²) in [5.74, 6) is 0.497. The topological polar surface area (TPSA) is 71.2 Å². The molecule has 0 fully saturated rings. The first-order valence-corrected chi connectivity index (χ1v) is 4.53. The van der Waals surface area contributed by atoms with Gasteiger partial charge in [0, 0.05) is 20.2 Å². The quantitative estimate of drug-likeness (QED) is 0.732. The second-order valence-corrected chi connectivity index (χ2v) is 3.56. The van der Waals surface area contributed by atoms with E-state index < -0.39 is 0 Å². The summed E-state index contributed by atoms with van der Waals surface area (Å²) in [6.07, 6.45) is 0. The van der Waals surface area contributed by atoms with Crippen molar-refractivity contribution in [2.75, 3.05) is 31.7 Å². The van der Waals surface area contributed by atoms with Crippen LogP contribution in [0.15, 0.2) is 6.07 Å². The fraction of sp³-hybridized carbons (Fsp3) is 0.429. The lowest BCUT2D eigenvalue weighted by molar-refractivity contribution is -0.126. The van der Waals surface area contributed by atoms with Crippen molar-refractivity contribution in [1.82, 2.24) is 9.27 Å². The number of anilines is 2. The van der Waals surface area contributed by atoms with Gasteiger partial charge in [-0.1, -0.05) is 0 Å². The van der Waals surface area contributed by atoms with Crippen molar-refractivity contribution in [3.63, 3.8) is 0 Å². The number of nitrogens with two attached hydrogens (primary N) is 1. The minimum Gasteiger partial charge on any atom is -0.383 e. The van der Waals surface area contributed by atoms with Gasteiger partial charge < -0.3 is 16.0 Å². The molecule has 0 saturated heterocycles. The summed E-state index contributed by atoms with van der Waals surface area (Å²) in [5, 5.41) is 3.74. The average Bonchev–Trinajstić information content (AvgIpc) is 2.47. The molecule has 0 aromatic carbocycles. The Morgan fingerprint density at radius 3 is 2.92 bits per heavy atom. The number of nitrogen functional groups attached to an aromatic ring is 1. The lowest BCUT2D eigenvalue weighted by atomic mass is 10.5. The number of carbonyl (C=O) groups excluding carboxylic acids is 1. The molecule has 1 heterocycles. The summed E-state index contributed by atoms with van der Waals surface area (Å²) < 4.78 is 3.87. The van der Waals surface area contributed by atoms with Crippen molar-refractivity contribution in [3.8, 4) is 0 Å². The molecule has 0 aliphatic rings. The SMILES string of the molecule is CN(C)C(=O)CNc1cc(N)ns1. The third-order valence-electron chi connectivity index (χ3n) is 1.44. The van der Waals surface area contributed by atoms with E-state index in [4.69, 9.17) is 5.73 Å². The standard InChI is InChI=1S/C7H12N4OS/c1-11(2)7(12)4-9-6-3-5(8)10-13-6/h3,9H,4H2,1-2H3,(H2,8,10). The second-order valence-electron chi connectivity index (χ2n) is 2.76. The summed E-state index contributed by atoms with van der Waals surface area (Å²) in [7, 11) is 3.43. The van der Waals surface area contributed by atoms with E-state index in [0.29, 0.717) is 5.82 Å². The smallest absolute Gasteiger partial charge is 0.241 e. The Labute approximate surface area is 80.7 Å². The minimum atomic E-state index is 0.0203. The van der Waals surface area contributed by atoms with Crippen LogP contribution in [0.4, 0.5) is 10.8 Å². The molecule has 72 valence electrons. The Kier molecular flexibility index (Phi) is 3.07. The molecule has 3 N–H and O–H groups in total. The van der Waals surface area contributed by atoms with Crippen molar-refractivity contribution in [2.24, 2.45) is 0 Å². The molecule has 1 amide bonds. The number of hydrogen-bond acceptors (Lipinski definition) is 5. The van der Waals surface area contributed by atoms with E-state index in [9.17, 15) is 4.79 Å². The maximum Gasteiger partial charge on any atom is 0.241 e. The lowest BCUT2D eigenvalue weighted by Crippen LogP contribution is -2.28. The van der Waals surface area contributed by atoms with Crippen LogP contribution < -0.4 is 11.1 Å². The van der Waals surface area contributed by atoms with Gasteiger partial charge in [0.05, 0.1) is 6.54 Å². The normalized spacial score (nSPS) is 9.69. The van der Waals surface area contributed by atoms with Gasteiger partial charge in [-0.25, -0.2) is 0 Å². The van der Waals surface area contributed by atoms with Crippen LogP contribution in [0.5, 0.6) is 0 Å². The molecular weight excluding hydrogens is 188 g/mol. The molecule has 13 heavy (non-hydrogen) atoms. The predicted molar refractivity (Wildman–Crippen MR) is 53.7 cm³/mol. The van der Waals surface area contributed by atoms with Gasteiger partial charge in [0.15, 0.2) is 0 Å². The molecule has 1 aromatic heterocycles. The number of nitrogens with one attached hydrogen (secondary N) is 1. The Bertz CT molecular complexity index is 296. The van der Waals surface area contributed by atoms with Crippen molar-refractivity contribution in [1.29, 1.82) is 0 Å². The van der Waals surface area contributed by atoms with Gasteiger partial charge in [-0.3, -0.25) is 4.79 Å². The van der Waals surface area contributed by atoms with E-state index in [1.165, 1.54) is 16.4 Å². The number of rotatable bonds is 3. The van der Waals surface area contributed by atoms with Crippen LogP contribution in [0, 0.1) is 0 Å². The fourth-order valence-electron chi connectivity index (χ4n) is 0.693. The van der Waals surface area contributed by atoms with Crippen LogP contribution in [0.3, 0.4) is 0 Å². The largest absolute Gasteiger partial charge is 0.383 e. The van der Waals surface area contributed by atoms with E-state index >= 15 is 0 Å². The van der Waals surface area contributed by atoms with E-state index in [1.54, 1.807) is 20.2 Å². The number of amides is 1. The summed E-state index contributed by atoms with van der Waals surface area (Å²) >= 11 is 1.25. The molecule has 0 saturated carbocycles. The molecule has 1 aromatic rings. The molecule has 5 nitrogen and oxygen atoms in total. The van der Waals surface area contributed by atoms with E-state index in [2.05, 4.69) is 9.69 Å². The van der Waals surface area contributed by atoms with Gasteiger partial charge in [0.1, 0.15) is 10.8 Å². The van der Waals surface area contributed by atoms with Gasteiger partial charge in [0.2, 0.25) is 5.91 Å². The zero-order valence-corrected chi connectivity index (χ0v) is 8.39. The molecule has 6 heteroatoms. The number of hydrogen-bond donors (Lipinski definition) is 2. The zero-order chi connectivity index (χ0) is 9.84. The Morgan fingerprint density at radius 1 is 1.77 bits per heavy atom. The predicted octanol–water partition coefficient (Wildman–Crippen LogP) is 0.225. The maximum absolute atomic E-state index is 11.1. The van der Waals surface area contributed by atoms with Crippen LogP contribution in [0.25, 0.3) is 0 Å². The number of carbonyl (C=O) groups is 1. The zero-order valence-electron chi connectivity index (χ0n) is 7.57. The first kappa shape index (κ1) is 9.79. The number of likely N-dealkylation sites (N-methyl/N-ethyl adjacent to an activating group) is 1. The van der Waals surface area contributed by atoms with Gasteiger partial charge in [-0.2, -0.15) is 4.37 Å². The molecule has 0 unspecified atom stereocenters. The van der Waals surface area contributed by atoms with Gasteiger partial charge in [-0.05, 0) is 11.5 Å². The molecule has 0 spiro atoms. The summed E-state index contributed by atoms with van der Waals surface area (Å²) in [4.78, 5) is 12.7. The third kappa shape index (κ3) is 2.90. The molecule has 0 aliphatic carbocycles. The van der Waals surface area contributed by atoms with E-state index in [0.717, 1.165) is 5.00 Å². The molecule has 0 radical (unpaired) electrons. The highest BCUT2D eigenvalue weighted by molar-refractivity contribution is 7.10. The van der Waals surface area contributed by atoms with Crippen molar-refractivity contribution in [2.45, 2.75) is 0 Å². The number of nitrogens with zero attached hydrogens (tertiary/aromatic N) is 2. The van der Waals surface area contributed by atoms with Gasteiger partial charge >= 0.3 is 0 Å². The van der Waals surface area contributed by atoms with Crippen LogP contribution in [0.2, 0.25) is 0 Å². The fourth-order valence-corrected chi connectivity index (χ4v) is 1.26. The second kappa shape index (κ2) is 4.08. The highest BCUT2D eigenvalue weighted by Crippen LogP contribution is 2.16. The summed E-state index contributed by atoms with van der Waals surface area (Å²) in [6, 6.07) is 1.70. The molecular formula is C7H12N4OS. The first-order chi connectivity index (χ1) is 6.09. The van der Waals surface area contributed by atoms with Crippen LogP contribution >= 0.6 is 11.5 Å². The maximum atomic E-state index is 11.1. The van der Waals surface area contributed by atoms with Crippen LogP contribution in [-0.4, -0.2) is 35.8 Å². The monoisotopic (exact) mass is 200 g/mol. The average molecular weight is 200 g/mol. The summed E-state index contributed by atoms with van der Waals surface area (Å²) in [5.41, 5.74) is 5.41. The first-order valence-electron chi connectivity index (χ1n) is 3.76. The molecule has 1 rings (SSSR count). The number of aromatic nitrogens is 1. The van der Waals surface area contributed by atoms with Crippen LogP contribution in [-0.2, 0) is 4.79 Å². The summed E-state index contributed by atoms with van der Waals surface area (Å²) in [6.45, 7) is 0.272.